The van der Waals surface area contributed by atoms with Gasteiger partial charge in [-0.15, -0.1) is 0 Å². The van der Waals surface area contributed by atoms with Crippen LogP contribution in [-0.2, 0) is 15.7 Å². The lowest BCUT2D eigenvalue weighted by Gasteiger charge is -2.42. The zero-order valence-electron chi connectivity index (χ0n) is 20.4. The topological polar surface area (TPSA) is 97.0 Å². The van der Waals surface area contributed by atoms with Crippen molar-refractivity contribution in [3.63, 3.8) is 0 Å². The SMILES string of the molecule is CCNC(=O)C[C@H]1CC[C@@H]2[C@@H](COc3ccc(NC(=O)c4cccc(C(F)(F)F)c4)cc3C(=O)N2C)O1. The highest BCUT2D eigenvalue weighted by atomic mass is 19.4. The van der Waals surface area contributed by atoms with Crippen LogP contribution in [0.15, 0.2) is 42.5 Å². The van der Waals surface area contributed by atoms with Crippen molar-refractivity contribution in [1.82, 2.24) is 10.2 Å². The quantitative estimate of drug-likeness (QED) is 0.626. The predicted octanol–water partition coefficient (Wildman–Crippen LogP) is 3.86. The van der Waals surface area contributed by atoms with Gasteiger partial charge in [-0.3, -0.25) is 14.4 Å². The number of alkyl halides is 3. The summed E-state index contributed by atoms with van der Waals surface area (Å²) in [7, 11) is 1.66. The second-order valence-electron chi connectivity index (χ2n) is 9.07. The van der Waals surface area contributed by atoms with Crippen LogP contribution < -0.4 is 15.4 Å². The van der Waals surface area contributed by atoms with E-state index in [9.17, 15) is 27.6 Å². The van der Waals surface area contributed by atoms with Crippen molar-refractivity contribution in [2.45, 2.75) is 50.6 Å². The van der Waals surface area contributed by atoms with E-state index in [0.717, 1.165) is 18.2 Å². The molecule has 2 aromatic carbocycles. The van der Waals surface area contributed by atoms with Gasteiger partial charge in [0.25, 0.3) is 11.8 Å². The van der Waals surface area contributed by atoms with Gasteiger partial charge in [0, 0.05) is 24.8 Å². The van der Waals surface area contributed by atoms with Crippen LogP contribution in [0.2, 0.25) is 0 Å². The third kappa shape index (κ3) is 6.04. The number of fused-ring (bicyclic) bond motifs is 2. The van der Waals surface area contributed by atoms with E-state index in [4.69, 9.17) is 9.47 Å². The lowest BCUT2D eigenvalue weighted by Crippen LogP contribution is -2.54. The summed E-state index contributed by atoms with van der Waals surface area (Å²) < 4.78 is 51.1. The predicted molar refractivity (Wildman–Crippen MR) is 128 cm³/mol. The third-order valence-electron chi connectivity index (χ3n) is 6.51. The summed E-state index contributed by atoms with van der Waals surface area (Å²) in [5, 5.41) is 5.31. The summed E-state index contributed by atoms with van der Waals surface area (Å²) in [4.78, 5) is 39.5. The minimum absolute atomic E-state index is 0.0906. The van der Waals surface area contributed by atoms with Crippen LogP contribution in [0.1, 0.15) is 52.5 Å². The standard InChI is InChI=1S/C26H28F3N3O5/c1-3-30-23(33)13-18-8-9-20-22(37-18)14-36-21-10-7-17(12-19(21)25(35)32(20)2)31-24(34)15-5-4-6-16(11-15)26(27,28)29/h4-7,10-12,18,20,22H,3,8-9,13-14H2,1-2H3,(H,30,33)(H,31,34)/t18-,20-,22-/m1/s1. The number of benzene rings is 2. The van der Waals surface area contributed by atoms with Gasteiger partial charge in [0.15, 0.2) is 0 Å². The molecule has 2 N–H and O–H groups in total. The van der Waals surface area contributed by atoms with Gasteiger partial charge in [-0.2, -0.15) is 13.2 Å². The van der Waals surface area contributed by atoms with Crippen LogP contribution >= 0.6 is 0 Å². The molecule has 3 amide bonds. The molecule has 0 radical (unpaired) electrons. The van der Waals surface area contributed by atoms with Crippen molar-refractivity contribution in [3.8, 4) is 5.75 Å². The molecule has 1 fully saturated rings. The molecule has 3 atom stereocenters. The molecule has 8 nitrogen and oxygen atoms in total. The zero-order chi connectivity index (χ0) is 26.7. The molecule has 198 valence electrons. The smallest absolute Gasteiger partial charge is 0.416 e. The number of nitrogens with zero attached hydrogens (tertiary/aromatic N) is 1. The molecule has 1 saturated heterocycles. The van der Waals surface area contributed by atoms with Crippen molar-refractivity contribution >= 4 is 23.4 Å². The molecule has 0 bridgehead atoms. The van der Waals surface area contributed by atoms with Gasteiger partial charge in [0.2, 0.25) is 5.91 Å². The lowest BCUT2D eigenvalue weighted by atomic mass is 9.94. The van der Waals surface area contributed by atoms with Crippen LogP contribution in [0.25, 0.3) is 0 Å². The van der Waals surface area contributed by atoms with E-state index in [0.29, 0.717) is 25.1 Å². The van der Waals surface area contributed by atoms with E-state index >= 15 is 0 Å². The van der Waals surface area contributed by atoms with Gasteiger partial charge < -0.3 is 25.0 Å². The molecule has 4 rings (SSSR count). The van der Waals surface area contributed by atoms with Crippen molar-refractivity contribution in [2.75, 3.05) is 25.5 Å². The van der Waals surface area contributed by atoms with Crippen molar-refractivity contribution < 1.29 is 37.0 Å². The zero-order valence-corrected chi connectivity index (χ0v) is 20.4. The minimum Gasteiger partial charge on any atom is -0.490 e. The second kappa shape index (κ2) is 10.8. The first-order valence-electron chi connectivity index (χ1n) is 12.0. The highest BCUT2D eigenvalue weighted by molar-refractivity contribution is 6.05. The maximum atomic E-state index is 13.3. The number of hydrogen-bond donors (Lipinski definition) is 2. The Labute approximate surface area is 212 Å². The number of halogens is 3. The Kier molecular flexibility index (Phi) is 7.72. The van der Waals surface area contributed by atoms with E-state index in [2.05, 4.69) is 10.6 Å². The Morgan fingerprint density at radius 3 is 2.65 bits per heavy atom. The van der Waals surface area contributed by atoms with Crippen molar-refractivity contribution in [1.29, 1.82) is 0 Å². The molecule has 2 aliphatic heterocycles. The minimum atomic E-state index is -4.57. The van der Waals surface area contributed by atoms with Gasteiger partial charge in [0.05, 0.1) is 29.7 Å². The molecule has 0 aliphatic carbocycles. The second-order valence-corrected chi connectivity index (χ2v) is 9.07. The van der Waals surface area contributed by atoms with Gasteiger partial charge >= 0.3 is 6.18 Å². The molecule has 2 aromatic rings. The first-order chi connectivity index (χ1) is 17.6. The Hall–Kier alpha value is -3.60. The summed E-state index contributed by atoms with van der Waals surface area (Å²) in [5.41, 5.74) is -0.635. The summed E-state index contributed by atoms with van der Waals surface area (Å²) >= 11 is 0. The van der Waals surface area contributed by atoms with Crippen LogP contribution in [-0.4, -0.2) is 61.1 Å². The summed E-state index contributed by atoms with van der Waals surface area (Å²) in [6, 6.07) is 8.31. The van der Waals surface area contributed by atoms with Crippen LogP contribution in [0, 0.1) is 0 Å². The van der Waals surface area contributed by atoms with Crippen molar-refractivity contribution in [2.24, 2.45) is 0 Å². The Morgan fingerprint density at radius 2 is 1.92 bits per heavy atom. The van der Waals surface area contributed by atoms with E-state index in [-0.39, 0.29) is 53.8 Å². The fourth-order valence-corrected chi connectivity index (χ4v) is 4.62. The van der Waals surface area contributed by atoms with Gasteiger partial charge in [-0.1, -0.05) is 6.07 Å². The average molecular weight is 520 g/mol. The molecule has 0 spiro atoms. The fourth-order valence-electron chi connectivity index (χ4n) is 4.62. The van der Waals surface area contributed by atoms with E-state index in [1.165, 1.54) is 24.3 Å². The first kappa shape index (κ1) is 26.5. The number of likely N-dealkylation sites (N-methyl/N-ethyl adjacent to an activating group) is 1. The number of nitrogens with one attached hydrogen (secondary N) is 2. The number of anilines is 1. The molecule has 2 aliphatic rings. The molecule has 37 heavy (non-hydrogen) atoms. The van der Waals surface area contributed by atoms with Gasteiger partial charge in [-0.25, -0.2) is 0 Å². The Bertz CT molecular complexity index is 1190. The Morgan fingerprint density at radius 1 is 1.14 bits per heavy atom. The average Bonchev–Trinajstić information content (AvgIpc) is 2.86. The highest BCUT2D eigenvalue weighted by Gasteiger charge is 2.39. The summed E-state index contributed by atoms with van der Waals surface area (Å²) in [5.74, 6) is -0.878. The van der Waals surface area contributed by atoms with E-state index in [1.54, 1.807) is 11.9 Å². The maximum Gasteiger partial charge on any atom is 0.416 e. The van der Waals surface area contributed by atoms with Crippen molar-refractivity contribution in [3.05, 3.63) is 59.2 Å². The van der Waals surface area contributed by atoms with E-state index in [1.807, 2.05) is 6.92 Å². The molecular weight excluding hydrogens is 491 g/mol. The van der Waals surface area contributed by atoms with Crippen LogP contribution in [0.3, 0.4) is 0 Å². The van der Waals surface area contributed by atoms with Crippen LogP contribution in [0.5, 0.6) is 5.75 Å². The first-order valence-corrected chi connectivity index (χ1v) is 12.0. The molecule has 0 aromatic heterocycles. The normalized spacial score (nSPS) is 21.6. The molecule has 11 heteroatoms. The molecule has 0 unspecified atom stereocenters. The highest BCUT2D eigenvalue weighted by Crippen LogP contribution is 2.33. The number of ether oxygens (including phenoxy) is 2. The maximum absolute atomic E-state index is 13.3. The fraction of sp³-hybridized carbons (Fsp3) is 0.423. The number of carbonyl (C=O) groups is 3. The Balaban J connectivity index is 1.49. The largest absolute Gasteiger partial charge is 0.490 e. The third-order valence-corrected chi connectivity index (χ3v) is 6.51. The van der Waals surface area contributed by atoms with Gasteiger partial charge in [-0.05, 0) is 56.2 Å². The number of rotatable bonds is 5. The van der Waals surface area contributed by atoms with Gasteiger partial charge in [0.1, 0.15) is 18.5 Å². The number of hydrogen-bond acceptors (Lipinski definition) is 5. The number of amides is 3. The summed E-state index contributed by atoms with van der Waals surface area (Å²) in [6.45, 7) is 2.55. The molecular formula is C26H28F3N3O5. The number of carbonyl (C=O) groups excluding carboxylic acids is 3. The lowest BCUT2D eigenvalue weighted by molar-refractivity contribution is -0.137. The molecule has 2 heterocycles. The monoisotopic (exact) mass is 519 g/mol. The van der Waals surface area contributed by atoms with E-state index < -0.39 is 23.8 Å². The molecule has 0 saturated carbocycles. The summed E-state index contributed by atoms with van der Waals surface area (Å²) in [6.07, 6.45) is -3.80. The van der Waals surface area contributed by atoms with Crippen LogP contribution in [0.4, 0.5) is 18.9 Å².